The van der Waals surface area contributed by atoms with Gasteiger partial charge in [0.2, 0.25) is 0 Å². The second-order valence-electron chi connectivity index (χ2n) is 6.19. The van der Waals surface area contributed by atoms with Crippen molar-refractivity contribution >= 4 is 11.9 Å². The number of aromatic nitrogens is 2. The molecule has 0 bridgehead atoms. The molecule has 1 N–H and O–H groups in total. The Kier molecular flexibility index (Phi) is 4.48. The standard InChI is InChI=1S/C18H21N3O4/c1-11-17(12(2)20(3)19-11)25-10-15(22)21-9-8-13-6-4-5-7-14(13)16(21)18(23)24/h4-7,16H,8-10H2,1-3H3,(H,23,24)/t16-/m0/s1. The predicted molar refractivity (Wildman–Crippen MR) is 90.4 cm³/mol. The number of aliphatic carboxylic acids is 1. The number of carbonyl (C=O) groups is 2. The zero-order chi connectivity index (χ0) is 18.1. The van der Waals surface area contributed by atoms with Crippen LogP contribution in [-0.2, 0) is 23.1 Å². The van der Waals surface area contributed by atoms with Gasteiger partial charge in [-0.1, -0.05) is 24.3 Å². The second-order valence-corrected chi connectivity index (χ2v) is 6.19. The van der Waals surface area contributed by atoms with Gasteiger partial charge >= 0.3 is 5.97 Å². The topological polar surface area (TPSA) is 84.7 Å². The molecule has 2 aromatic rings. The maximum absolute atomic E-state index is 12.6. The van der Waals surface area contributed by atoms with Gasteiger partial charge in [0.25, 0.3) is 5.91 Å². The molecule has 3 rings (SSSR count). The summed E-state index contributed by atoms with van der Waals surface area (Å²) in [4.78, 5) is 25.8. The van der Waals surface area contributed by atoms with Crippen molar-refractivity contribution < 1.29 is 19.4 Å². The van der Waals surface area contributed by atoms with Crippen molar-refractivity contribution in [2.45, 2.75) is 26.3 Å². The van der Waals surface area contributed by atoms with Gasteiger partial charge in [0.1, 0.15) is 5.69 Å². The highest BCUT2D eigenvalue weighted by Gasteiger charge is 2.35. The minimum absolute atomic E-state index is 0.209. The van der Waals surface area contributed by atoms with E-state index in [1.165, 1.54) is 4.90 Å². The summed E-state index contributed by atoms with van der Waals surface area (Å²) in [5.41, 5.74) is 3.16. The molecule has 0 spiro atoms. The molecule has 0 saturated carbocycles. The van der Waals surface area contributed by atoms with Crippen LogP contribution in [0, 0.1) is 13.8 Å². The summed E-state index contributed by atoms with van der Waals surface area (Å²) in [5.74, 6) is -0.807. The van der Waals surface area contributed by atoms with Crippen molar-refractivity contribution in [2.75, 3.05) is 13.2 Å². The van der Waals surface area contributed by atoms with Crippen LogP contribution in [0.2, 0.25) is 0 Å². The van der Waals surface area contributed by atoms with Crippen molar-refractivity contribution in [3.8, 4) is 5.75 Å². The average molecular weight is 343 g/mol. The Balaban J connectivity index is 1.78. The maximum Gasteiger partial charge on any atom is 0.331 e. The Labute approximate surface area is 145 Å². The third-order valence-electron chi connectivity index (χ3n) is 4.62. The number of carboxylic acid groups (broad SMARTS) is 1. The van der Waals surface area contributed by atoms with Crippen molar-refractivity contribution in [3.05, 3.63) is 46.8 Å². The van der Waals surface area contributed by atoms with Crippen LogP contribution in [0.4, 0.5) is 0 Å². The third kappa shape index (κ3) is 3.09. The van der Waals surface area contributed by atoms with E-state index < -0.39 is 12.0 Å². The molecule has 132 valence electrons. The monoisotopic (exact) mass is 343 g/mol. The highest BCUT2D eigenvalue weighted by Crippen LogP contribution is 2.30. The number of nitrogens with zero attached hydrogens (tertiary/aromatic N) is 3. The van der Waals surface area contributed by atoms with E-state index >= 15 is 0 Å². The van der Waals surface area contributed by atoms with Gasteiger partial charge in [-0.2, -0.15) is 5.10 Å². The van der Waals surface area contributed by atoms with Gasteiger partial charge in [0.05, 0.1) is 5.69 Å². The number of amides is 1. The highest BCUT2D eigenvalue weighted by molar-refractivity contribution is 5.86. The minimum Gasteiger partial charge on any atom is -0.480 e. The fourth-order valence-corrected chi connectivity index (χ4v) is 3.28. The Hall–Kier alpha value is -2.83. The van der Waals surface area contributed by atoms with Crippen LogP contribution >= 0.6 is 0 Å². The van der Waals surface area contributed by atoms with Gasteiger partial charge in [0.15, 0.2) is 18.4 Å². The summed E-state index contributed by atoms with van der Waals surface area (Å²) in [5, 5.41) is 13.9. The number of ether oxygens (including phenoxy) is 1. The zero-order valence-electron chi connectivity index (χ0n) is 14.5. The van der Waals surface area contributed by atoms with E-state index in [0.29, 0.717) is 30.0 Å². The largest absolute Gasteiger partial charge is 0.480 e. The number of carbonyl (C=O) groups excluding carboxylic acids is 1. The lowest BCUT2D eigenvalue weighted by molar-refractivity contribution is -0.152. The van der Waals surface area contributed by atoms with Crippen molar-refractivity contribution in [2.24, 2.45) is 7.05 Å². The smallest absolute Gasteiger partial charge is 0.331 e. The Morgan fingerprint density at radius 3 is 2.68 bits per heavy atom. The molecule has 0 unspecified atom stereocenters. The van der Waals surface area contributed by atoms with Crippen LogP contribution in [0.5, 0.6) is 5.75 Å². The lowest BCUT2D eigenvalue weighted by Crippen LogP contribution is -2.45. The molecule has 1 aliphatic heterocycles. The fraction of sp³-hybridized carbons (Fsp3) is 0.389. The average Bonchev–Trinajstić information content (AvgIpc) is 2.83. The quantitative estimate of drug-likeness (QED) is 0.912. The van der Waals surface area contributed by atoms with Crippen LogP contribution in [0.25, 0.3) is 0 Å². The molecule has 0 saturated heterocycles. The number of rotatable bonds is 4. The number of carboxylic acids is 1. The van der Waals surface area contributed by atoms with Crippen LogP contribution in [0.15, 0.2) is 24.3 Å². The van der Waals surface area contributed by atoms with E-state index in [1.807, 2.05) is 26.0 Å². The molecule has 1 aliphatic rings. The molecule has 0 aliphatic carbocycles. The van der Waals surface area contributed by atoms with E-state index in [4.69, 9.17) is 4.74 Å². The molecule has 25 heavy (non-hydrogen) atoms. The first-order valence-corrected chi connectivity index (χ1v) is 8.13. The summed E-state index contributed by atoms with van der Waals surface area (Å²) in [6.45, 7) is 3.82. The zero-order valence-corrected chi connectivity index (χ0v) is 14.5. The van der Waals surface area contributed by atoms with Crippen molar-refractivity contribution in [1.82, 2.24) is 14.7 Å². The van der Waals surface area contributed by atoms with Crippen LogP contribution < -0.4 is 4.74 Å². The lowest BCUT2D eigenvalue weighted by Gasteiger charge is -2.34. The summed E-state index contributed by atoms with van der Waals surface area (Å²) >= 11 is 0. The second kappa shape index (κ2) is 6.58. The first-order valence-electron chi connectivity index (χ1n) is 8.13. The van der Waals surface area contributed by atoms with Crippen LogP contribution in [0.1, 0.15) is 28.6 Å². The minimum atomic E-state index is -1.03. The molecule has 1 atom stereocenters. The summed E-state index contributed by atoms with van der Waals surface area (Å²) in [7, 11) is 1.80. The van der Waals surface area contributed by atoms with E-state index in [9.17, 15) is 14.7 Å². The molecule has 0 fully saturated rings. The SMILES string of the molecule is Cc1nn(C)c(C)c1OCC(=O)N1CCc2ccccc2[C@H]1C(=O)O. The molecule has 1 amide bonds. The number of hydrogen-bond acceptors (Lipinski definition) is 4. The number of benzene rings is 1. The van der Waals surface area contributed by atoms with Gasteiger partial charge in [0, 0.05) is 13.6 Å². The highest BCUT2D eigenvalue weighted by atomic mass is 16.5. The fourth-order valence-electron chi connectivity index (χ4n) is 3.28. The number of aryl methyl sites for hydroxylation is 2. The third-order valence-corrected chi connectivity index (χ3v) is 4.62. The normalized spacial score (nSPS) is 16.4. The summed E-state index contributed by atoms with van der Waals surface area (Å²) in [6.07, 6.45) is 0.636. The van der Waals surface area contributed by atoms with Gasteiger partial charge < -0.3 is 14.7 Å². The van der Waals surface area contributed by atoms with Crippen LogP contribution in [0.3, 0.4) is 0 Å². The molecule has 7 nitrogen and oxygen atoms in total. The Morgan fingerprint density at radius 2 is 2.04 bits per heavy atom. The summed E-state index contributed by atoms with van der Waals surface area (Å²) in [6, 6.07) is 6.38. The molecule has 1 aromatic heterocycles. The summed E-state index contributed by atoms with van der Waals surface area (Å²) < 4.78 is 7.34. The maximum atomic E-state index is 12.6. The molecular formula is C18H21N3O4. The molecule has 7 heteroatoms. The molecule has 0 radical (unpaired) electrons. The Bertz CT molecular complexity index is 828. The van der Waals surface area contributed by atoms with Crippen molar-refractivity contribution in [1.29, 1.82) is 0 Å². The predicted octanol–water partition coefficient (Wildman–Crippen LogP) is 1.63. The van der Waals surface area contributed by atoms with E-state index in [-0.39, 0.29) is 12.5 Å². The molecule has 1 aromatic carbocycles. The van der Waals surface area contributed by atoms with Gasteiger partial charge in [-0.25, -0.2) is 4.79 Å². The number of hydrogen-bond donors (Lipinski definition) is 1. The van der Waals surface area contributed by atoms with Crippen LogP contribution in [-0.4, -0.2) is 44.8 Å². The van der Waals surface area contributed by atoms with E-state index in [2.05, 4.69) is 5.10 Å². The first-order chi connectivity index (χ1) is 11.9. The van der Waals surface area contributed by atoms with E-state index in [0.717, 1.165) is 11.3 Å². The van der Waals surface area contributed by atoms with E-state index in [1.54, 1.807) is 23.9 Å². The lowest BCUT2D eigenvalue weighted by atomic mass is 9.92. The Morgan fingerprint density at radius 1 is 1.32 bits per heavy atom. The molecular weight excluding hydrogens is 322 g/mol. The molecule has 2 heterocycles. The van der Waals surface area contributed by atoms with Gasteiger partial charge in [-0.05, 0) is 31.4 Å². The van der Waals surface area contributed by atoms with Gasteiger partial charge in [-0.15, -0.1) is 0 Å². The first kappa shape index (κ1) is 17.0. The van der Waals surface area contributed by atoms with Crippen molar-refractivity contribution in [3.63, 3.8) is 0 Å². The number of fused-ring (bicyclic) bond motifs is 1. The van der Waals surface area contributed by atoms with Gasteiger partial charge in [-0.3, -0.25) is 9.48 Å².